The van der Waals surface area contributed by atoms with E-state index in [1.165, 1.54) is 0 Å². The van der Waals surface area contributed by atoms with Crippen molar-refractivity contribution < 1.29 is 19.1 Å². The maximum absolute atomic E-state index is 12.9. The van der Waals surface area contributed by atoms with E-state index in [0.29, 0.717) is 12.4 Å². The summed E-state index contributed by atoms with van der Waals surface area (Å²) in [6, 6.07) is 13.6. The second-order valence-electron chi connectivity index (χ2n) is 9.78. The Morgan fingerprint density at radius 2 is 1.82 bits per heavy atom. The van der Waals surface area contributed by atoms with Gasteiger partial charge in [-0.2, -0.15) is 0 Å². The van der Waals surface area contributed by atoms with Crippen molar-refractivity contribution in [2.45, 2.75) is 77.2 Å². The molecule has 1 saturated carbocycles. The van der Waals surface area contributed by atoms with Crippen LogP contribution in [0, 0.1) is 0 Å². The first-order valence-corrected chi connectivity index (χ1v) is 11.8. The lowest BCUT2D eigenvalue weighted by molar-refractivity contribution is 0.0576. The SMILES string of the molecule is CC(C)(C)OC(=O)N(c1ccc(C2CCCCN2C(=O)OCc2ccccc2)cn1)C1CC1. The van der Waals surface area contributed by atoms with Crippen molar-refractivity contribution >= 4 is 18.0 Å². The average molecular weight is 452 g/mol. The molecule has 1 atom stereocenters. The van der Waals surface area contributed by atoms with Crippen molar-refractivity contribution in [1.82, 2.24) is 9.88 Å². The molecule has 4 rings (SSSR count). The normalized spacial score (nSPS) is 18.5. The number of benzene rings is 1. The van der Waals surface area contributed by atoms with Gasteiger partial charge in [0.15, 0.2) is 0 Å². The second-order valence-corrected chi connectivity index (χ2v) is 9.78. The highest BCUT2D eigenvalue weighted by Crippen LogP contribution is 2.35. The van der Waals surface area contributed by atoms with Gasteiger partial charge in [-0.05, 0) is 70.1 Å². The Morgan fingerprint density at radius 1 is 1.06 bits per heavy atom. The van der Waals surface area contributed by atoms with Gasteiger partial charge in [0.1, 0.15) is 18.0 Å². The third-order valence-corrected chi connectivity index (χ3v) is 5.85. The molecule has 1 aliphatic carbocycles. The molecule has 1 saturated heterocycles. The Labute approximate surface area is 195 Å². The Kier molecular flexibility index (Phi) is 6.86. The third kappa shape index (κ3) is 6.03. The van der Waals surface area contributed by atoms with Crippen molar-refractivity contribution in [3.05, 3.63) is 59.8 Å². The van der Waals surface area contributed by atoms with E-state index in [2.05, 4.69) is 4.98 Å². The molecule has 2 fully saturated rings. The number of amides is 2. The fourth-order valence-corrected chi connectivity index (χ4v) is 4.11. The van der Waals surface area contributed by atoms with Gasteiger partial charge in [0.05, 0.1) is 6.04 Å². The van der Waals surface area contributed by atoms with Crippen molar-refractivity contribution in [1.29, 1.82) is 0 Å². The number of piperidine rings is 1. The van der Waals surface area contributed by atoms with Crippen LogP contribution in [0.1, 0.15) is 70.0 Å². The monoisotopic (exact) mass is 451 g/mol. The zero-order valence-electron chi connectivity index (χ0n) is 19.7. The van der Waals surface area contributed by atoms with Crippen LogP contribution < -0.4 is 4.90 Å². The number of nitrogens with zero attached hydrogens (tertiary/aromatic N) is 3. The molecule has 0 N–H and O–H groups in total. The molecule has 176 valence electrons. The maximum atomic E-state index is 12.9. The van der Waals surface area contributed by atoms with Crippen LogP contribution in [-0.4, -0.2) is 40.3 Å². The largest absolute Gasteiger partial charge is 0.445 e. The van der Waals surface area contributed by atoms with Crippen LogP contribution in [-0.2, 0) is 16.1 Å². The molecule has 2 heterocycles. The van der Waals surface area contributed by atoms with Crippen LogP contribution in [0.3, 0.4) is 0 Å². The van der Waals surface area contributed by atoms with Gasteiger partial charge >= 0.3 is 12.2 Å². The van der Waals surface area contributed by atoms with Gasteiger partial charge in [0.2, 0.25) is 0 Å². The molecule has 33 heavy (non-hydrogen) atoms. The molecule has 7 nitrogen and oxygen atoms in total. The topological polar surface area (TPSA) is 72.0 Å². The Bertz CT molecular complexity index is 952. The molecule has 2 aromatic rings. The van der Waals surface area contributed by atoms with Gasteiger partial charge in [-0.25, -0.2) is 14.6 Å². The number of aromatic nitrogens is 1. The second kappa shape index (κ2) is 9.81. The number of anilines is 1. The minimum atomic E-state index is -0.563. The lowest BCUT2D eigenvalue weighted by Gasteiger charge is -2.35. The van der Waals surface area contributed by atoms with E-state index >= 15 is 0 Å². The van der Waals surface area contributed by atoms with Crippen molar-refractivity contribution in [2.24, 2.45) is 0 Å². The summed E-state index contributed by atoms with van der Waals surface area (Å²) >= 11 is 0. The highest BCUT2D eigenvalue weighted by molar-refractivity contribution is 5.88. The van der Waals surface area contributed by atoms with Crippen LogP contribution >= 0.6 is 0 Å². The highest BCUT2D eigenvalue weighted by Gasteiger charge is 2.37. The summed E-state index contributed by atoms with van der Waals surface area (Å²) in [7, 11) is 0. The van der Waals surface area contributed by atoms with Gasteiger partial charge < -0.3 is 14.4 Å². The number of carbonyl (C=O) groups is 2. The lowest BCUT2D eigenvalue weighted by Crippen LogP contribution is -2.39. The number of rotatable bonds is 5. The van der Waals surface area contributed by atoms with Gasteiger partial charge in [-0.1, -0.05) is 36.4 Å². The average Bonchev–Trinajstić information content (AvgIpc) is 3.63. The molecular weight excluding hydrogens is 418 g/mol. The van der Waals surface area contributed by atoms with Gasteiger partial charge in [0.25, 0.3) is 0 Å². The molecule has 2 amide bonds. The molecule has 7 heteroatoms. The first-order valence-electron chi connectivity index (χ1n) is 11.8. The predicted octanol–water partition coefficient (Wildman–Crippen LogP) is 5.85. The standard InChI is InChI=1S/C26H33N3O4/c1-26(2,3)33-25(31)29(21-13-14-21)23-15-12-20(17-27-23)22-11-7-8-16-28(22)24(30)32-18-19-9-5-4-6-10-19/h4-6,9-10,12,15,17,21-22H,7-8,11,13-14,16,18H2,1-3H3. The number of carbonyl (C=O) groups excluding carboxylic acids is 2. The quantitative estimate of drug-likeness (QED) is 0.570. The molecular formula is C26H33N3O4. The van der Waals surface area contributed by atoms with E-state index in [4.69, 9.17) is 9.47 Å². The summed E-state index contributed by atoms with van der Waals surface area (Å²) in [6.45, 7) is 6.50. The summed E-state index contributed by atoms with van der Waals surface area (Å²) in [5.41, 5.74) is 1.36. The van der Waals surface area contributed by atoms with Crippen LogP contribution in [0.25, 0.3) is 0 Å². The maximum Gasteiger partial charge on any atom is 0.416 e. The minimum absolute atomic E-state index is 0.0838. The van der Waals surface area contributed by atoms with E-state index in [-0.39, 0.29) is 30.9 Å². The zero-order chi connectivity index (χ0) is 23.4. The molecule has 0 spiro atoms. The van der Waals surface area contributed by atoms with Crippen molar-refractivity contribution in [3.8, 4) is 0 Å². The summed E-state index contributed by atoms with van der Waals surface area (Å²) in [5, 5.41) is 0. The minimum Gasteiger partial charge on any atom is -0.445 e. The van der Waals surface area contributed by atoms with Crippen molar-refractivity contribution in [2.75, 3.05) is 11.4 Å². The molecule has 1 aromatic carbocycles. The molecule has 0 bridgehead atoms. The number of pyridine rings is 1. The first kappa shape index (κ1) is 23.1. The van der Waals surface area contributed by atoms with E-state index in [0.717, 1.165) is 43.2 Å². The van der Waals surface area contributed by atoms with Gasteiger partial charge in [-0.15, -0.1) is 0 Å². The van der Waals surface area contributed by atoms with Crippen molar-refractivity contribution in [3.63, 3.8) is 0 Å². The van der Waals surface area contributed by atoms with Crippen LogP contribution in [0.2, 0.25) is 0 Å². The summed E-state index contributed by atoms with van der Waals surface area (Å²) in [5.74, 6) is 0.588. The fraction of sp³-hybridized carbons (Fsp3) is 0.500. The van der Waals surface area contributed by atoms with E-state index in [1.807, 2.05) is 63.2 Å². The van der Waals surface area contributed by atoms with Crippen LogP contribution in [0.4, 0.5) is 15.4 Å². The number of ether oxygens (including phenoxy) is 2. The Balaban J connectivity index is 1.45. The smallest absolute Gasteiger partial charge is 0.416 e. The third-order valence-electron chi connectivity index (χ3n) is 5.85. The number of likely N-dealkylation sites (tertiary alicyclic amines) is 1. The van der Waals surface area contributed by atoms with Gasteiger partial charge in [-0.3, -0.25) is 4.90 Å². The molecule has 2 aliphatic rings. The predicted molar refractivity (Wildman–Crippen MR) is 126 cm³/mol. The molecule has 1 unspecified atom stereocenters. The fourth-order valence-electron chi connectivity index (χ4n) is 4.11. The van der Waals surface area contributed by atoms with Crippen LogP contribution in [0.15, 0.2) is 48.7 Å². The zero-order valence-corrected chi connectivity index (χ0v) is 19.7. The van der Waals surface area contributed by atoms with Crippen LogP contribution in [0.5, 0.6) is 0 Å². The first-order chi connectivity index (χ1) is 15.8. The summed E-state index contributed by atoms with van der Waals surface area (Å²) in [4.78, 5) is 33.7. The molecule has 0 radical (unpaired) electrons. The van der Waals surface area contributed by atoms with E-state index < -0.39 is 5.60 Å². The van der Waals surface area contributed by atoms with E-state index in [9.17, 15) is 9.59 Å². The number of hydrogen-bond donors (Lipinski definition) is 0. The highest BCUT2D eigenvalue weighted by atomic mass is 16.6. The Morgan fingerprint density at radius 3 is 2.45 bits per heavy atom. The van der Waals surface area contributed by atoms with E-state index in [1.54, 1.807) is 16.0 Å². The molecule has 1 aromatic heterocycles. The summed E-state index contributed by atoms with van der Waals surface area (Å²) < 4.78 is 11.2. The Hall–Kier alpha value is -3.09. The summed E-state index contributed by atoms with van der Waals surface area (Å²) in [6.07, 6.45) is 5.87. The van der Waals surface area contributed by atoms with Gasteiger partial charge in [0, 0.05) is 18.8 Å². The number of hydrogen-bond acceptors (Lipinski definition) is 5. The lowest BCUT2D eigenvalue weighted by atomic mass is 9.97. The molecule has 1 aliphatic heterocycles.